The zero-order chi connectivity index (χ0) is 17.6. The van der Waals surface area contributed by atoms with Crippen molar-refractivity contribution in [2.45, 2.75) is 25.7 Å². The molecule has 6 nitrogen and oxygen atoms in total. The number of aliphatic imine (C=N–C) groups is 1. The number of hydrogen-bond acceptors (Lipinski definition) is 4. The Balaban J connectivity index is 0.00000243. The normalized spacial score (nSPS) is 16.3. The number of thiazole rings is 1. The summed E-state index contributed by atoms with van der Waals surface area (Å²) in [5.41, 5.74) is 3.18. The molecule has 2 aromatic rings. The van der Waals surface area contributed by atoms with Gasteiger partial charge in [0.05, 0.1) is 10.7 Å². The third-order valence-electron chi connectivity index (χ3n) is 4.19. The average molecular weight is 485 g/mol. The Morgan fingerprint density at radius 3 is 2.92 bits per heavy atom. The number of carbonyl (C=O) groups is 1. The SMILES string of the molecule is CN=C(NCCc1csc(C)n1)NCC1CC(=O)Nc2ccccc21.I. The molecular weight excluding hydrogens is 461 g/mol. The van der Waals surface area contributed by atoms with Gasteiger partial charge in [-0.3, -0.25) is 9.79 Å². The molecule has 3 rings (SSSR count). The van der Waals surface area contributed by atoms with Crippen molar-refractivity contribution in [3.63, 3.8) is 0 Å². The zero-order valence-corrected chi connectivity index (χ0v) is 18.1. The summed E-state index contributed by atoms with van der Waals surface area (Å²) >= 11 is 1.67. The molecule has 1 aromatic carbocycles. The van der Waals surface area contributed by atoms with Gasteiger partial charge in [-0.1, -0.05) is 18.2 Å². The highest BCUT2D eigenvalue weighted by Gasteiger charge is 2.24. The predicted molar refractivity (Wildman–Crippen MR) is 118 cm³/mol. The van der Waals surface area contributed by atoms with E-state index in [4.69, 9.17) is 0 Å². The van der Waals surface area contributed by atoms with E-state index in [9.17, 15) is 4.79 Å². The highest BCUT2D eigenvalue weighted by molar-refractivity contribution is 14.0. The molecule has 1 aliphatic heterocycles. The van der Waals surface area contributed by atoms with E-state index in [0.717, 1.165) is 35.3 Å². The van der Waals surface area contributed by atoms with Crippen molar-refractivity contribution in [2.24, 2.45) is 4.99 Å². The first-order chi connectivity index (χ1) is 12.2. The molecule has 140 valence electrons. The number of nitrogens with one attached hydrogen (secondary N) is 3. The average Bonchev–Trinajstić information content (AvgIpc) is 3.02. The number of nitrogens with zero attached hydrogens (tertiary/aromatic N) is 2. The van der Waals surface area contributed by atoms with Crippen LogP contribution in [0, 0.1) is 6.92 Å². The van der Waals surface area contributed by atoms with E-state index in [0.29, 0.717) is 13.0 Å². The molecule has 1 amide bonds. The molecular formula is C18H24IN5OS. The minimum absolute atomic E-state index is 0. The maximum Gasteiger partial charge on any atom is 0.225 e. The van der Waals surface area contributed by atoms with Crippen LogP contribution in [0.15, 0.2) is 34.6 Å². The third-order valence-corrected chi connectivity index (χ3v) is 5.01. The van der Waals surface area contributed by atoms with Crippen LogP contribution in [0.4, 0.5) is 5.69 Å². The Kier molecular flexibility index (Phi) is 7.83. The smallest absolute Gasteiger partial charge is 0.225 e. The molecule has 1 unspecified atom stereocenters. The van der Waals surface area contributed by atoms with Crippen LogP contribution in [-0.4, -0.2) is 37.0 Å². The number of halogens is 1. The summed E-state index contributed by atoms with van der Waals surface area (Å²) in [6.45, 7) is 3.45. The van der Waals surface area contributed by atoms with Gasteiger partial charge in [0.15, 0.2) is 5.96 Å². The van der Waals surface area contributed by atoms with E-state index in [2.05, 4.69) is 37.4 Å². The Bertz CT molecular complexity index is 776. The molecule has 1 aliphatic rings. The Morgan fingerprint density at radius 2 is 2.19 bits per heavy atom. The van der Waals surface area contributed by atoms with E-state index in [-0.39, 0.29) is 35.8 Å². The minimum Gasteiger partial charge on any atom is -0.356 e. The maximum atomic E-state index is 11.9. The number of anilines is 1. The molecule has 0 spiro atoms. The number of fused-ring (bicyclic) bond motifs is 1. The summed E-state index contributed by atoms with van der Waals surface area (Å²) in [6, 6.07) is 7.96. The summed E-state index contributed by atoms with van der Waals surface area (Å²) < 4.78 is 0. The van der Waals surface area contributed by atoms with Gasteiger partial charge in [-0.2, -0.15) is 0 Å². The summed E-state index contributed by atoms with van der Waals surface area (Å²) in [5, 5.41) is 12.7. The monoisotopic (exact) mass is 485 g/mol. The van der Waals surface area contributed by atoms with Crippen molar-refractivity contribution in [3.05, 3.63) is 45.9 Å². The van der Waals surface area contributed by atoms with Crippen LogP contribution >= 0.6 is 35.3 Å². The standard InChI is InChI=1S/C18H23N5OS.HI/c1-12-22-14(11-25-12)7-8-20-18(19-2)21-10-13-9-17(24)23-16-6-4-3-5-15(13)16;/h3-6,11,13H,7-10H2,1-2H3,(H,23,24)(H2,19,20,21);1H. The Hall–Kier alpha value is -1.68. The van der Waals surface area contributed by atoms with Gasteiger partial charge < -0.3 is 16.0 Å². The fourth-order valence-corrected chi connectivity index (χ4v) is 3.60. The van der Waals surface area contributed by atoms with Crippen LogP contribution in [0.5, 0.6) is 0 Å². The summed E-state index contributed by atoms with van der Waals surface area (Å²) in [4.78, 5) is 20.6. The van der Waals surface area contributed by atoms with E-state index in [1.165, 1.54) is 5.56 Å². The number of aromatic nitrogens is 1. The molecule has 8 heteroatoms. The first-order valence-corrected chi connectivity index (χ1v) is 9.28. The van der Waals surface area contributed by atoms with E-state index in [1.54, 1.807) is 18.4 Å². The van der Waals surface area contributed by atoms with Gasteiger partial charge in [-0.15, -0.1) is 35.3 Å². The van der Waals surface area contributed by atoms with Crippen LogP contribution in [0.2, 0.25) is 0 Å². The minimum atomic E-state index is 0. The number of hydrogen-bond donors (Lipinski definition) is 3. The van der Waals surface area contributed by atoms with Gasteiger partial charge >= 0.3 is 0 Å². The maximum absolute atomic E-state index is 11.9. The number of aryl methyl sites for hydroxylation is 1. The van der Waals surface area contributed by atoms with Gasteiger partial charge in [0, 0.05) is 50.0 Å². The first-order valence-electron chi connectivity index (χ1n) is 8.40. The molecule has 1 aromatic heterocycles. The molecule has 0 aliphatic carbocycles. The molecule has 0 saturated heterocycles. The van der Waals surface area contributed by atoms with E-state index in [1.807, 2.05) is 25.1 Å². The number of amides is 1. The lowest BCUT2D eigenvalue weighted by molar-refractivity contribution is -0.116. The van der Waals surface area contributed by atoms with Gasteiger partial charge in [-0.25, -0.2) is 4.98 Å². The number of guanidine groups is 1. The van der Waals surface area contributed by atoms with Crippen molar-refractivity contribution in [2.75, 3.05) is 25.5 Å². The number of rotatable bonds is 5. The van der Waals surface area contributed by atoms with Gasteiger partial charge in [0.2, 0.25) is 5.91 Å². The van der Waals surface area contributed by atoms with Crippen molar-refractivity contribution >= 4 is 52.9 Å². The van der Waals surface area contributed by atoms with Gasteiger partial charge in [0.1, 0.15) is 0 Å². The van der Waals surface area contributed by atoms with E-state index < -0.39 is 0 Å². The van der Waals surface area contributed by atoms with Crippen molar-refractivity contribution in [1.82, 2.24) is 15.6 Å². The zero-order valence-electron chi connectivity index (χ0n) is 14.9. The summed E-state index contributed by atoms with van der Waals surface area (Å²) in [6.07, 6.45) is 1.35. The third kappa shape index (κ3) is 5.41. The first kappa shape index (κ1) is 20.6. The van der Waals surface area contributed by atoms with Gasteiger partial charge in [-0.05, 0) is 18.6 Å². The molecule has 1 atom stereocenters. The second kappa shape index (κ2) is 9.86. The quantitative estimate of drug-likeness (QED) is 0.346. The topological polar surface area (TPSA) is 78.4 Å². The van der Waals surface area contributed by atoms with Gasteiger partial charge in [0.25, 0.3) is 0 Å². The number of para-hydroxylation sites is 1. The second-order valence-electron chi connectivity index (χ2n) is 6.02. The fraction of sp³-hybridized carbons (Fsp3) is 0.389. The van der Waals surface area contributed by atoms with Crippen LogP contribution < -0.4 is 16.0 Å². The molecule has 0 bridgehead atoms. The van der Waals surface area contributed by atoms with Crippen molar-refractivity contribution in [1.29, 1.82) is 0 Å². The molecule has 26 heavy (non-hydrogen) atoms. The lowest BCUT2D eigenvalue weighted by Crippen LogP contribution is -2.41. The highest BCUT2D eigenvalue weighted by atomic mass is 127. The highest BCUT2D eigenvalue weighted by Crippen LogP contribution is 2.31. The van der Waals surface area contributed by atoms with Crippen LogP contribution in [-0.2, 0) is 11.2 Å². The van der Waals surface area contributed by atoms with Crippen LogP contribution in [0.25, 0.3) is 0 Å². The Labute approximate surface area is 174 Å². The largest absolute Gasteiger partial charge is 0.356 e. The molecule has 3 N–H and O–H groups in total. The summed E-state index contributed by atoms with van der Waals surface area (Å²) in [7, 11) is 1.75. The molecule has 0 fully saturated rings. The molecule has 0 radical (unpaired) electrons. The molecule has 2 heterocycles. The molecule has 0 saturated carbocycles. The lowest BCUT2D eigenvalue weighted by atomic mass is 9.90. The van der Waals surface area contributed by atoms with Crippen molar-refractivity contribution in [3.8, 4) is 0 Å². The lowest BCUT2D eigenvalue weighted by Gasteiger charge is -2.26. The summed E-state index contributed by atoms with van der Waals surface area (Å²) in [5.74, 6) is 0.951. The second-order valence-corrected chi connectivity index (χ2v) is 7.09. The van der Waals surface area contributed by atoms with Crippen molar-refractivity contribution < 1.29 is 4.79 Å². The van der Waals surface area contributed by atoms with Crippen LogP contribution in [0.1, 0.15) is 28.6 Å². The van der Waals surface area contributed by atoms with E-state index >= 15 is 0 Å². The number of benzene rings is 1. The predicted octanol–water partition coefficient (Wildman–Crippen LogP) is 2.90. The Morgan fingerprint density at radius 1 is 1.38 bits per heavy atom. The fourth-order valence-electron chi connectivity index (χ4n) is 2.96. The number of carbonyl (C=O) groups excluding carboxylic acids is 1. The van der Waals surface area contributed by atoms with Crippen LogP contribution in [0.3, 0.4) is 0 Å².